The molecule has 1 aromatic heterocycles. The average Bonchev–Trinajstić information content (AvgIpc) is 3.23. The van der Waals surface area contributed by atoms with Gasteiger partial charge in [-0.15, -0.1) is 5.10 Å². The minimum Gasteiger partial charge on any atom is -0.481 e. The van der Waals surface area contributed by atoms with Crippen LogP contribution in [0, 0.1) is 5.92 Å². The van der Waals surface area contributed by atoms with Crippen LogP contribution in [0.1, 0.15) is 36.9 Å². The van der Waals surface area contributed by atoms with E-state index in [1.54, 1.807) is 18.8 Å². The molecule has 9 heteroatoms. The zero-order valence-electron chi connectivity index (χ0n) is 20.1. The van der Waals surface area contributed by atoms with E-state index in [0.717, 1.165) is 36.1 Å². The third kappa shape index (κ3) is 6.17. The summed E-state index contributed by atoms with van der Waals surface area (Å²) in [4.78, 5) is 25.4. The van der Waals surface area contributed by atoms with Crippen molar-refractivity contribution in [2.24, 2.45) is 13.0 Å². The molecule has 1 aliphatic rings. The molecular weight excluding hydrogens is 446 g/mol. The van der Waals surface area contributed by atoms with Gasteiger partial charge in [0.2, 0.25) is 0 Å². The second-order valence-electron chi connectivity index (χ2n) is 9.02. The number of amides is 1. The van der Waals surface area contributed by atoms with Crippen molar-refractivity contribution in [3.05, 3.63) is 65.9 Å². The number of aryl methyl sites for hydroxylation is 1. The fourth-order valence-corrected chi connectivity index (χ4v) is 4.43. The Morgan fingerprint density at radius 1 is 1.14 bits per heavy atom. The van der Waals surface area contributed by atoms with Crippen LogP contribution in [-0.4, -0.2) is 50.2 Å². The topological polar surface area (TPSA) is 110 Å². The maximum atomic E-state index is 12.5. The largest absolute Gasteiger partial charge is 0.481 e. The second kappa shape index (κ2) is 11.0. The van der Waals surface area contributed by atoms with Crippen LogP contribution in [0.3, 0.4) is 0 Å². The van der Waals surface area contributed by atoms with Crippen molar-refractivity contribution in [3.8, 4) is 11.3 Å². The normalized spacial score (nSPS) is 17.5. The van der Waals surface area contributed by atoms with Gasteiger partial charge in [-0.1, -0.05) is 54.1 Å². The zero-order valence-corrected chi connectivity index (χ0v) is 20.1. The minimum atomic E-state index is -0.714. The van der Waals surface area contributed by atoms with Crippen molar-refractivity contribution in [1.82, 2.24) is 19.9 Å². The minimum absolute atomic E-state index is 0.0510. The molecule has 1 fully saturated rings. The Morgan fingerprint density at radius 2 is 1.89 bits per heavy atom. The number of rotatable bonds is 8. The number of nitrogens with one attached hydrogen (secondary N) is 1. The van der Waals surface area contributed by atoms with Gasteiger partial charge in [-0.25, -0.2) is 9.48 Å². The van der Waals surface area contributed by atoms with Gasteiger partial charge in [0.05, 0.1) is 5.92 Å². The fourth-order valence-electron chi connectivity index (χ4n) is 4.43. The average molecular weight is 478 g/mol. The Balaban J connectivity index is 1.37. The van der Waals surface area contributed by atoms with Crippen LogP contribution in [0.25, 0.3) is 11.3 Å². The van der Waals surface area contributed by atoms with Crippen LogP contribution in [-0.2, 0) is 29.7 Å². The number of carbonyl (C=O) groups excluding carboxylic acids is 1. The van der Waals surface area contributed by atoms with Gasteiger partial charge in [0.1, 0.15) is 18.0 Å². The van der Waals surface area contributed by atoms with Crippen molar-refractivity contribution >= 4 is 17.7 Å². The highest BCUT2D eigenvalue weighted by atomic mass is 16.6. The summed E-state index contributed by atoms with van der Waals surface area (Å²) < 4.78 is 7.15. The molecule has 0 unspecified atom stereocenters. The third-order valence-electron chi connectivity index (χ3n) is 6.40. The number of anilines is 1. The van der Waals surface area contributed by atoms with E-state index < -0.39 is 12.1 Å². The van der Waals surface area contributed by atoms with Gasteiger partial charge in [0.25, 0.3) is 0 Å². The summed E-state index contributed by atoms with van der Waals surface area (Å²) in [5.74, 6) is -0.994. The number of benzene rings is 2. The van der Waals surface area contributed by atoms with Crippen LogP contribution in [0.4, 0.5) is 10.5 Å². The van der Waals surface area contributed by atoms with Crippen LogP contribution in [0.5, 0.6) is 0 Å². The summed E-state index contributed by atoms with van der Waals surface area (Å²) in [6, 6.07) is 17.7. The van der Waals surface area contributed by atoms with E-state index in [2.05, 4.69) is 15.6 Å². The summed E-state index contributed by atoms with van der Waals surface area (Å²) in [5, 5.41) is 21.2. The summed E-state index contributed by atoms with van der Waals surface area (Å²) in [6.45, 7) is 0.508. The molecule has 184 valence electrons. The molecule has 0 radical (unpaired) electrons. The fraction of sp³-hybridized carbons (Fsp3) is 0.385. The molecule has 1 amide bonds. The van der Waals surface area contributed by atoms with Crippen molar-refractivity contribution in [2.75, 3.05) is 12.4 Å². The number of hydrogen-bond acceptors (Lipinski definition) is 6. The standard InChI is InChI=1S/C26H31N5O4/c1-30(16-18-7-4-3-5-8-18)26(34)35-17-23-24(28-29-31(23)2)19-11-13-21(14-12-19)27-22-10-6-9-20(15-22)25(32)33/h3-5,7-8,11-14,20,22,27H,6,9-10,15-17H2,1-2H3,(H,32,33)/t20-,22-/m0/s1. The lowest BCUT2D eigenvalue weighted by molar-refractivity contribution is -0.142. The van der Waals surface area contributed by atoms with Gasteiger partial charge >= 0.3 is 12.1 Å². The lowest BCUT2D eigenvalue weighted by atomic mass is 9.85. The highest BCUT2D eigenvalue weighted by Crippen LogP contribution is 2.28. The molecular formula is C26H31N5O4. The summed E-state index contributed by atoms with van der Waals surface area (Å²) >= 11 is 0. The zero-order chi connectivity index (χ0) is 24.8. The predicted octanol–water partition coefficient (Wildman–Crippen LogP) is 4.31. The molecule has 35 heavy (non-hydrogen) atoms. The quantitative estimate of drug-likeness (QED) is 0.498. The second-order valence-corrected chi connectivity index (χ2v) is 9.02. The SMILES string of the molecule is CN(Cc1ccccc1)C(=O)OCc1c(-c2ccc(N[C@H]3CCC[C@H](C(=O)O)C3)cc2)nnn1C. The van der Waals surface area contributed by atoms with Gasteiger partial charge in [-0.05, 0) is 37.0 Å². The van der Waals surface area contributed by atoms with E-state index >= 15 is 0 Å². The number of aromatic nitrogens is 3. The molecule has 9 nitrogen and oxygen atoms in total. The third-order valence-corrected chi connectivity index (χ3v) is 6.40. The van der Waals surface area contributed by atoms with E-state index in [-0.39, 0.29) is 18.6 Å². The molecule has 3 aromatic rings. The van der Waals surface area contributed by atoms with Crippen molar-refractivity contribution in [3.63, 3.8) is 0 Å². The highest BCUT2D eigenvalue weighted by molar-refractivity contribution is 5.70. The lowest BCUT2D eigenvalue weighted by Crippen LogP contribution is -2.30. The molecule has 0 bridgehead atoms. The lowest BCUT2D eigenvalue weighted by Gasteiger charge is -2.28. The van der Waals surface area contributed by atoms with Crippen LogP contribution in [0.2, 0.25) is 0 Å². The van der Waals surface area contributed by atoms with Crippen LogP contribution >= 0.6 is 0 Å². The summed E-state index contributed by atoms with van der Waals surface area (Å²) in [6.07, 6.45) is 2.83. The molecule has 0 aliphatic heterocycles. The smallest absolute Gasteiger partial charge is 0.410 e. The number of carboxylic acid groups (broad SMARTS) is 1. The maximum absolute atomic E-state index is 12.5. The highest BCUT2D eigenvalue weighted by Gasteiger charge is 2.27. The van der Waals surface area contributed by atoms with Gasteiger partial charge in [0.15, 0.2) is 0 Å². The van der Waals surface area contributed by atoms with E-state index in [0.29, 0.717) is 24.4 Å². The molecule has 1 saturated carbocycles. The molecule has 1 heterocycles. The predicted molar refractivity (Wildman–Crippen MR) is 132 cm³/mol. The number of nitrogens with zero attached hydrogens (tertiary/aromatic N) is 4. The molecule has 0 saturated heterocycles. The monoisotopic (exact) mass is 477 g/mol. The van der Waals surface area contributed by atoms with Crippen molar-refractivity contribution < 1.29 is 19.4 Å². The molecule has 0 spiro atoms. The first kappa shape index (κ1) is 24.3. The summed E-state index contributed by atoms with van der Waals surface area (Å²) in [5.41, 5.74) is 4.17. The first-order chi connectivity index (χ1) is 16.9. The Labute approximate surface area is 204 Å². The van der Waals surface area contributed by atoms with Crippen molar-refractivity contribution in [2.45, 2.75) is 44.9 Å². The maximum Gasteiger partial charge on any atom is 0.410 e. The molecule has 4 rings (SSSR count). The molecule has 2 N–H and O–H groups in total. The summed E-state index contributed by atoms with van der Waals surface area (Å²) in [7, 11) is 3.47. The number of carboxylic acids is 1. The van der Waals surface area contributed by atoms with Crippen LogP contribution in [0.15, 0.2) is 54.6 Å². The first-order valence-corrected chi connectivity index (χ1v) is 11.8. The Bertz CT molecular complexity index is 1150. The van der Waals surface area contributed by atoms with Gasteiger partial charge in [0, 0.05) is 37.9 Å². The van der Waals surface area contributed by atoms with E-state index in [1.807, 2.05) is 54.6 Å². The van der Waals surface area contributed by atoms with Crippen LogP contribution < -0.4 is 5.32 Å². The van der Waals surface area contributed by atoms with Gasteiger partial charge in [-0.2, -0.15) is 0 Å². The number of hydrogen-bond donors (Lipinski definition) is 2. The van der Waals surface area contributed by atoms with E-state index in [9.17, 15) is 14.7 Å². The van der Waals surface area contributed by atoms with Gasteiger partial charge < -0.3 is 20.1 Å². The molecule has 1 aliphatic carbocycles. The number of ether oxygens (including phenoxy) is 1. The Morgan fingerprint density at radius 3 is 2.60 bits per heavy atom. The van der Waals surface area contributed by atoms with Crippen molar-refractivity contribution in [1.29, 1.82) is 0 Å². The van der Waals surface area contributed by atoms with E-state index in [1.165, 1.54) is 4.90 Å². The first-order valence-electron chi connectivity index (χ1n) is 11.8. The molecule has 2 aromatic carbocycles. The Hall–Kier alpha value is -3.88. The number of aliphatic carboxylic acids is 1. The van der Waals surface area contributed by atoms with E-state index in [4.69, 9.17) is 4.74 Å². The molecule has 2 atom stereocenters. The Kier molecular flexibility index (Phi) is 7.64. The van der Waals surface area contributed by atoms with Gasteiger partial charge in [-0.3, -0.25) is 4.79 Å². The number of carbonyl (C=O) groups is 2.